The van der Waals surface area contributed by atoms with Gasteiger partial charge in [0.2, 0.25) is 11.8 Å². The highest BCUT2D eigenvalue weighted by Gasteiger charge is 2.38. The minimum Gasteiger partial charge on any atom is -0.475 e. The molecule has 12 heteroatoms. The van der Waals surface area contributed by atoms with Crippen molar-refractivity contribution in [2.24, 2.45) is 0 Å². The Kier molecular flexibility index (Phi) is 7.35. The van der Waals surface area contributed by atoms with Crippen molar-refractivity contribution in [3.63, 3.8) is 0 Å². The first-order valence-electron chi connectivity index (χ1n) is 8.20. The third-order valence-electron chi connectivity index (χ3n) is 3.72. The number of benzene rings is 1. The Morgan fingerprint density at radius 1 is 1.34 bits per heavy atom. The van der Waals surface area contributed by atoms with Crippen molar-refractivity contribution in [1.29, 1.82) is 0 Å². The summed E-state index contributed by atoms with van der Waals surface area (Å²) in [6, 6.07) is 7.27. The summed E-state index contributed by atoms with van der Waals surface area (Å²) in [5.41, 5.74) is 1.29. The second-order valence-electron chi connectivity index (χ2n) is 5.87. The average molecular weight is 433 g/mol. The predicted octanol–water partition coefficient (Wildman–Crippen LogP) is 1.89. The van der Waals surface area contributed by atoms with Gasteiger partial charge in [0.1, 0.15) is 0 Å². The van der Waals surface area contributed by atoms with E-state index in [0.717, 1.165) is 5.39 Å². The Balaban J connectivity index is 0.000000370. The zero-order valence-electron chi connectivity index (χ0n) is 14.8. The number of hydrogen-bond acceptors (Lipinski definition) is 5. The smallest absolute Gasteiger partial charge is 0.475 e. The van der Waals surface area contributed by atoms with Gasteiger partial charge in [0.25, 0.3) is 0 Å². The van der Waals surface area contributed by atoms with E-state index in [1.165, 1.54) is 0 Å². The number of aliphatic carboxylic acids is 1. The van der Waals surface area contributed by atoms with E-state index in [0.29, 0.717) is 29.3 Å². The summed E-state index contributed by atoms with van der Waals surface area (Å²) in [6.45, 7) is 1.56. The van der Waals surface area contributed by atoms with Gasteiger partial charge in [-0.15, -0.1) is 0 Å². The number of para-hydroxylation sites is 1. The third-order valence-corrected chi connectivity index (χ3v) is 3.92. The fourth-order valence-corrected chi connectivity index (χ4v) is 2.58. The summed E-state index contributed by atoms with van der Waals surface area (Å²) >= 11 is 5.92. The first kappa shape index (κ1) is 22.4. The zero-order chi connectivity index (χ0) is 21.6. The molecule has 8 nitrogen and oxygen atoms in total. The van der Waals surface area contributed by atoms with Gasteiger partial charge in [0.15, 0.2) is 0 Å². The molecule has 1 fully saturated rings. The van der Waals surface area contributed by atoms with Gasteiger partial charge in [0.05, 0.1) is 29.3 Å². The molecule has 3 rings (SSSR count). The van der Waals surface area contributed by atoms with Crippen molar-refractivity contribution in [3.8, 4) is 0 Å². The van der Waals surface area contributed by atoms with Crippen molar-refractivity contribution in [2.75, 3.05) is 31.5 Å². The van der Waals surface area contributed by atoms with Crippen LogP contribution in [0.25, 0.3) is 10.9 Å². The van der Waals surface area contributed by atoms with Crippen LogP contribution in [0.4, 0.5) is 18.9 Å². The maximum absolute atomic E-state index is 12.2. The van der Waals surface area contributed by atoms with E-state index in [9.17, 15) is 22.8 Å². The normalized spacial score (nSPS) is 14.2. The average Bonchev–Trinajstić information content (AvgIpc) is 2.63. The number of aromatic nitrogens is 1. The number of pyridine rings is 1. The number of hydrogen-bond donors (Lipinski definition) is 3. The Morgan fingerprint density at radius 2 is 2.03 bits per heavy atom. The van der Waals surface area contributed by atoms with Crippen LogP contribution in [0, 0.1) is 0 Å². The third kappa shape index (κ3) is 6.57. The lowest BCUT2D eigenvalue weighted by molar-refractivity contribution is -0.192. The second-order valence-corrected chi connectivity index (χ2v) is 6.31. The van der Waals surface area contributed by atoms with Crippen molar-refractivity contribution in [2.45, 2.75) is 6.18 Å². The summed E-state index contributed by atoms with van der Waals surface area (Å²) in [7, 11) is 0. The highest BCUT2D eigenvalue weighted by molar-refractivity contribution is 6.31. The van der Waals surface area contributed by atoms with Crippen molar-refractivity contribution < 1.29 is 32.7 Å². The van der Waals surface area contributed by atoms with E-state index in [2.05, 4.69) is 15.6 Å². The summed E-state index contributed by atoms with van der Waals surface area (Å²) in [5.74, 6) is -3.06. The van der Waals surface area contributed by atoms with Crippen LogP contribution in [0.5, 0.6) is 0 Å². The van der Waals surface area contributed by atoms with E-state index in [-0.39, 0.29) is 24.9 Å². The Bertz CT molecular complexity index is 923. The molecule has 0 unspecified atom stereocenters. The predicted molar refractivity (Wildman–Crippen MR) is 98.5 cm³/mol. The molecule has 1 saturated heterocycles. The lowest BCUT2D eigenvalue weighted by atomic mass is 10.2. The minimum absolute atomic E-state index is 0.0461. The number of amides is 2. The zero-order valence-corrected chi connectivity index (χ0v) is 15.5. The summed E-state index contributed by atoms with van der Waals surface area (Å²) in [4.78, 5) is 38.5. The maximum atomic E-state index is 12.2. The molecule has 0 spiro atoms. The molecule has 2 heterocycles. The summed E-state index contributed by atoms with van der Waals surface area (Å²) < 4.78 is 31.7. The van der Waals surface area contributed by atoms with Gasteiger partial charge in [-0.05, 0) is 12.1 Å². The van der Waals surface area contributed by atoms with Crippen LogP contribution in [0.15, 0.2) is 30.5 Å². The van der Waals surface area contributed by atoms with Crippen LogP contribution in [-0.2, 0) is 14.4 Å². The largest absolute Gasteiger partial charge is 0.490 e. The Hall–Kier alpha value is -2.92. The highest BCUT2D eigenvalue weighted by atomic mass is 35.5. The van der Waals surface area contributed by atoms with Crippen LogP contribution in [-0.4, -0.2) is 65.1 Å². The van der Waals surface area contributed by atoms with Crippen molar-refractivity contribution >= 4 is 46.0 Å². The number of alkyl halides is 3. The topological polar surface area (TPSA) is 112 Å². The maximum Gasteiger partial charge on any atom is 0.490 e. The quantitative estimate of drug-likeness (QED) is 0.683. The van der Waals surface area contributed by atoms with Gasteiger partial charge < -0.3 is 20.6 Å². The van der Waals surface area contributed by atoms with Crippen LogP contribution >= 0.6 is 11.6 Å². The lowest BCUT2D eigenvalue weighted by Crippen LogP contribution is -2.50. The van der Waals surface area contributed by atoms with Crippen LogP contribution in [0.1, 0.15) is 0 Å². The van der Waals surface area contributed by atoms with Crippen molar-refractivity contribution in [1.82, 2.24) is 15.2 Å². The number of carboxylic acid groups (broad SMARTS) is 1. The lowest BCUT2D eigenvalue weighted by Gasteiger charge is -2.26. The molecule has 2 aromatic rings. The highest BCUT2D eigenvalue weighted by Crippen LogP contribution is 2.23. The van der Waals surface area contributed by atoms with E-state index in [1.54, 1.807) is 23.2 Å². The number of nitrogens with zero attached hydrogens (tertiary/aromatic N) is 2. The molecule has 0 atom stereocenters. The molecule has 0 radical (unpaired) electrons. The number of carboxylic acids is 1. The first-order chi connectivity index (χ1) is 13.6. The van der Waals surface area contributed by atoms with E-state index in [4.69, 9.17) is 21.5 Å². The molecule has 0 saturated carbocycles. The molecule has 2 amide bonds. The minimum atomic E-state index is -5.08. The molecule has 1 aliphatic rings. The van der Waals surface area contributed by atoms with Crippen LogP contribution < -0.4 is 10.6 Å². The molecule has 1 aromatic carbocycles. The van der Waals surface area contributed by atoms with Crippen molar-refractivity contribution in [3.05, 3.63) is 35.5 Å². The summed E-state index contributed by atoms with van der Waals surface area (Å²) in [5, 5.41) is 14.3. The van der Waals surface area contributed by atoms with E-state index in [1.807, 2.05) is 12.1 Å². The van der Waals surface area contributed by atoms with Gasteiger partial charge in [-0.3, -0.25) is 14.6 Å². The monoisotopic (exact) mass is 432 g/mol. The molecule has 29 heavy (non-hydrogen) atoms. The number of carbonyl (C=O) groups is 3. The second kappa shape index (κ2) is 9.52. The van der Waals surface area contributed by atoms with Crippen LogP contribution in [0.2, 0.25) is 5.02 Å². The van der Waals surface area contributed by atoms with Gasteiger partial charge in [-0.2, -0.15) is 13.2 Å². The van der Waals surface area contributed by atoms with E-state index >= 15 is 0 Å². The number of nitrogens with one attached hydrogen (secondary N) is 2. The fraction of sp³-hybridized carbons (Fsp3) is 0.294. The van der Waals surface area contributed by atoms with Gasteiger partial charge in [-0.25, -0.2) is 4.79 Å². The van der Waals surface area contributed by atoms with Gasteiger partial charge in [0, 0.05) is 24.7 Å². The molecule has 1 aliphatic heterocycles. The van der Waals surface area contributed by atoms with Gasteiger partial charge >= 0.3 is 12.1 Å². The number of rotatable bonds is 3. The van der Waals surface area contributed by atoms with Gasteiger partial charge in [-0.1, -0.05) is 23.7 Å². The SMILES string of the molecule is O=C(CN1CCNCC1=O)Nc1cccc2cc(Cl)cnc12.O=C(O)C(F)(F)F. The Morgan fingerprint density at radius 3 is 2.66 bits per heavy atom. The first-order valence-corrected chi connectivity index (χ1v) is 8.58. The molecule has 156 valence electrons. The Labute approximate surface area is 167 Å². The summed E-state index contributed by atoms with van der Waals surface area (Å²) in [6.07, 6.45) is -3.54. The fourth-order valence-electron chi connectivity index (χ4n) is 2.41. The van der Waals surface area contributed by atoms with Crippen LogP contribution in [0.3, 0.4) is 0 Å². The molecular formula is C17H16ClF3N4O4. The molecular weight excluding hydrogens is 417 g/mol. The number of carbonyl (C=O) groups excluding carboxylic acids is 2. The molecule has 3 N–H and O–H groups in total. The number of piperazine rings is 1. The molecule has 0 aliphatic carbocycles. The molecule has 1 aromatic heterocycles. The molecule has 0 bridgehead atoms. The number of halogens is 4. The standard InChI is InChI=1S/C15H15ClN4O2.C2HF3O2/c16-11-6-10-2-1-3-12(15(10)18-7-11)19-13(21)9-20-5-4-17-8-14(20)22;3-2(4,5)1(6)7/h1-3,6-7,17H,4-5,8-9H2,(H,19,21);(H,6,7). The number of anilines is 1. The van der Waals surface area contributed by atoms with E-state index < -0.39 is 12.1 Å². The number of fused-ring (bicyclic) bond motifs is 1.